The summed E-state index contributed by atoms with van der Waals surface area (Å²) in [5, 5.41) is 9.69. The van der Waals surface area contributed by atoms with Gasteiger partial charge in [-0.3, -0.25) is 9.48 Å². The second-order valence-corrected chi connectivity index (χ2v) is 5.53. The van der Waals surface area contributed by atoms with E-state index in [-0.39, 0.29) is 18.3 Å². The average Bonchev–Trinajstić information content (AvgIpc) is 3.07. The van der Waals surface area contributed by atoms with Crippen molar-refractivity contribution < 1.29 is 4.79 Å². The fourth-order valence-corrected chi connectivity index (χ4v) is 3.00. The first kappa shape index (κ1) is 15.0. The molecule has 20 heavy (non-hydrogen) atoms. The lowest BCUT2D eigenvalue weighted by molar-refractivity contribution is 0.0736. The van der Waals surface area contributed by atoms with E-state index in [1.807, 2.05) is 35.7 Å². The van der Waals surface area contributed by atoms with Gasteiger partial charge in [0.15, 0.2) is 0 Å². The number of carbonyl (C=O) groups excluding carboxylic acids is 1. The zero-order valence-electron chi connectivity index (χ0n) is 11.2. The van der Waals surface area contributed by atoms with Crippen molar-refractivity contribution in [3.63, 3.8) is 0 Å². The molecule has 1 saturated heterocycles. The minimum Gasteiger partial charge on any atom is -0.336 e. The molecular formula is C13H17ClN4OS. The van der Waals surface area contributed by atoms with Crippen molar-refractivity contribution in [1.82, 2.24) is 20.0 Å². The average molecular weight is 313 g/mol. The Hall–Kier alpha value is -1.37. The Kier molecular flexibility index (Phi) is 4.80. The SMILES string of the molecule is Cl.Cn1cc(C(=O)N2CCNCC2)c(-c2cccs2)n1. The molecule has 1 aliphatic heterocycles. The van der Waals surface area contributed by atoms with Crippen molar-refractivity contribution >= 4 is 29.7 Å². The first-order chi connectivity index (χ1) is 9.25. The molecule has 0 aromatic carbocycles. The number of rotatable bonds is 2. The molecule has 0 saturated carbocycles. The first-order valence-corrected chi connectivity index (χ1v) is 7.21. The van der Waals surface area contributed by atoms with Gasteiger partial charge in [-0.25, -0.2) is 0 Å². The van der Waals surface area contributed by atoms with E-state index in [0.717, 1.165) is 36.8 Å². The van der Waals surface area contributed by atoms with E-state index in [4.69, 9.17) is 0 Å². The number of halogens is 1. The minimum absolute atomic E-state index is 0. The van der Waals surface area contributed by atoms with Crippen LogP contribution in [0.4, 0.5) is 0 Å². The van der Waals surface area contributed by atoms with Gasteiger partial charge in [-0.2, -0.15) is 5.10 Å². The van der Waals surface area contributed by atoms with E-state index in [0.29, 0.717) is 5.56 Å². The summed E-state index contributed by atoms with van der Waals surface area (Å²) in [5.74, 6) is 0.0815. The van der Waals surface area contributed by atoms with Gasteiger partial charge >= 0.3 is 0 Å². The fourth-order valence-electron chi connectivity index (χ4n) is 2.28. The Morgan fingerprint density at radius 1 is 1.40 bits per heavy atom. The van der Waals surface area contributed by atoms with Crippen molar-refractivity contribution in [2.75, 3.05) is 26.2 Å². The Morgan fingerprint density at radius 2 is 2.15 bits per heavy atom. The van der Waals surface area contributed by atoms with Crippen LogP contribution in [-0.4, -0.2) is 46.8 Å². The normalized spacial score (nSPS) is 14.9. The number of aromatic nitrogens is 2. The summed E-state index contributed by atoms with van der Waals surface area (Å²) >= 11 is 1.61. The maximum Gasteiger partial charge on any atom is 0.257 e. The maximum atomic E-state index is 12.6. The van der Waals surface area contributed by atoms with Gasteiger partial charge in [-0.1, -0.05) is 6.07 Å². The van der Waals surface area contributed by atoms with E-state index in [9.17, 15) is 4.79 Å². The monoisotopic (exact) mass is 312 g/mol. The lowest BCUT2D eigenvalue weighted by Crippen LogP contribution is -2.46. The highest BCUT2D eigenvalue weighted by Crippen LogP contribution is 2.27. The molecule has 2 aromatic rings. The molecule has 0 atom stereocenters. The molecule has 5 nitrogen and oxygen atoms in total. The molecule has 3 heterocycles. The van der Waals surface area contributed by atoms with Gasteiger partial charge in [0.1, 0.15) is 5.69 Å². The van der Waals surface area contributed by atoms with Crippen LogP contribution in [0.3, 0.4) is 0 Å². The Labute approximate surface area is 128 Å². The fraction of sp³-hybridized carbons (Fsp3) is 0.385. The van der Waals surface area contributed by atoms with Gasteiger partial charge in [-0.05, 0) is 11.4 Å². The number of piperazine rings is 1. The number of nitrogens with zero attached hydrogens (tertiary/aromatic N) is 3. The van der Waals surface area contributed by atoms with Crippen LogP contribution < -0.4 is 5.32 Å². The Morgan fingerprint density at radius 3 is 2.80 bits per heavy atom. The first-order valence-electron chi connectivity index (χ1n) is 6.33. The summed E-state index contributed by atoms with van der Waals surface area (Å²) in [6, 6.07) is 3.98. The van der Waals surface area contributed by atoms with Crippen molar-refractivity contribution in [3.05, 3.63) is 29.3 Å². The third-order valence-corrected chi connectivity index (χ3v) is 4.09. The topological polar surface area (TPSA) is 50.2 Å². The lowest BCUT2D eigenvalue weighted by atomic mass is 10.2. The van der Waals surface area contributed by atoms with Gasteiger partial charge in [0.25, 0.3) is 5.91 Å². The number of thiophene rings is 1. The molecule has 7 heteroatoms. The third-order valence-electron chi connectivity index (χ3n) is 3.22. The highest BCUT2D eigenvalue weighted by Gasteiger charge is 2.23. The molecule has 0 bridgehead atoms. The quantitative estimate of drug-likeness (QED) is 0.916. The van der Waals surface area contributed by atoms with E-state index >= 15 is 0 Å². The van der Waals surface area contributed by atoms with Crippen molar-refractivity contribution in [2.45, 2.75) is 0 Å². The van der Waals surface area contributed by atoms with Gasteiger partial charge in [0.05, 0.1) is 10.4 Å². The van der Waals surface area contributed by atoms with Gasteiger partial charge in [-0.15, -0.1) is 23.7 Å². The Balaban J connectivity index is 0.00000147. The van der Waals surface area contributed by atoms with Crippen LogP contribution in [0.25, 0.3) is 10.6 Å². The second kappa shape index (κ2) is 6.39. The zero-order chi connectivity index (χ0) is 13.2. The standard InChI is InChI=1S/C13H16N4OS.ClH/c1-16-9-10(12(15-16)11-3-2-8-19-11)13(18)17-6-4-14-5-7-17;/h2-3,8-9,14H,4-7H2,1H3;1H. The summed E-state index contributed by atoms with van der Waals surface area (Å²) in [7, 11) is 1.85. The minimum atomic E-state index is 0. The smallest absolute Gasteiger partial charge is 0.257 e. The third kappa shape index (κ3) is 2.87. The van der Waals surface area contributed by atoms with Crippen molar-refractivity contribution in [1.29, 1.82) is 0 Å². The number of hydrogen-bond acceptors (Lipinski definition) is 4. The maximum absolute atomic E-state index is 12.6. The van der Waals surface area contributed by atoms with Gasteiger partial charge in [0.2, 0.25) is 0 Å². The predicted molar refractivity (Wildman–Crippen MR) is 82.5 cm³/mol. The summed E-state index contributed by atoms with van der Waals surface area (Å²) in [6.45, 7) is 3.25. The highest BCUT2D eigenvalue weighted by atomic mass is 35.5. The zero-order valence-corrected chi connectivity index (χ0v) is 12.8. The molecule has 3 rings (SSSR count). The number of carbonyl (C=O) groups is 1. The second-order valence-electron chi connectivity index (χ2n) is 4.58. The number of amides is 1. The van der Waals surface area contributed by atoms with Crippen LogP contribution in [0.15, 0.2) is 23.7 Å². The molecule has 0 spiro atoms. The van der Waals surface area contributed by atoms with Gasteiger partial charge in [0, 0.05) is 39.4 Å². The summed E-state index contributed by atoms with van der Waals surface area (Å²) < 4.78 is 1.71. The highest BCUT2D eigenvalue weighted by molar-refractivity contribution is 7.13. The number of hydrogen-bond donors (Lipinski definition) is 1. The molecule has 0 radical (unpaired) electrons. The van der Waals surface area contributed by atoms with E-state index < -0.39 is 0 Å². The number of nitrogens with one attached hydrogen (secondary N) is 1. The Bertz CT molecular complexity index is 575. The van der Waals surface area contributed by atoms with Crippen LogP contribution in [-0.2, 0) is 7.05 Å². The van der Waals surface area contributed by atoms with Crippen molar-refractivity contribution in [2.24, 2.45) is 7.05 Å². The molecule has 1 amide bonds. The lowest BCUT2D eigenvalue weighted by Gasteiger charge is -2.27. The summed E-state index contributed by atoms with van der Waals surface area (Å²) in [5.41, 5.74) is 1.49. The van der Waals surface area contributed by atoms with Crippen LogP contribution in [0.2, 0.25) is 0 Å². The van der Waals surface area contributed by atoms with Gasteiger partial charge < -0.3 is 10.2 Å². The largest absolute Gasteiger partial charge is 0.336 e. The summed E-state index contributed by atoms with van der Waals surface area (Å²) in [4.78, 5) is 15.5. The molecule has 1 N–H and O–H groups in total. The molecule has 0 aliphatic carbocycles. The van der Waals surface area contributed by atoms with Crippen LogP contribution >= 0.6 is 23.7 Å². The molecular weight excluding hydrogens is 296 g/mol. The molecule has 0 unspecified atom stereocenters. The molecule has 1 fully saturated rings. The molecule has 108 valence electrons. The molecule has 1 aliphatic rings. The van der Waals surface area contributed by atoms with Crippen LogP contribution in [0.5, 0.6) is 0 Å². The number of aryl methyl sites for hydroxylation is 1. The molecule has 2 aromatic heterocycles. The van der Waals surface area contributed by atoms with E-state index in [2.05, 4.69) is 10.4 Å². The van der Waals surface area contributed by atoms with Crippen LogP contribution in [0.1, 0.15) is 10.4 Å². The summed E-state index contributed by atoms with van der Waals surface area (Å²) in [6.07, 6.45) is 1.82. The van der Waals surface area contributed by atoms with Crippen molar-refractivity contribution in [3.8, 4) is 10.6 Å². The van der Waals surface area contributed by atoms with Crippen LogP contribution in [0, 0.1) is 0 Å². The van der Waals surface area contributed by atoms with E-state index in [1.54, 1.807) is 16.0 Å². The predicted octanol–water partition coefficient (Wildman–Crippen LogP) is 1.62. The van der Waals surface area contributed by atoms with E-state index in [1.165, 1.54) is 0 Å².